The average molecular weight is 666 g/mol. The molecule has 0 bridgehead atoms. The molecule has 1 aliphatic carbocycles. The molecule has 4 N–H and O–H groups in total. The van der Waals surface area contributed by atoms with Crippen molar-refractivity contribution in [3.8, 4) is 11.3 Å². The van der Waals surface area contributed by atoms with Crippen LogP contribution in [0.2, 0.25) is 0 Å². The number of anilines is 2. The highest BCUT2D eigenvalue weighted by Gasteiger charge is 2.49. The van der Waals surface area contributed by atoms with Crippen LogP contribution >= 0.6 is 63.7 Å². The molecule has 0 amide bonds. The maximum Gasteiger partial charge on any atom is 0.0937 e. The molecule has 4 nitrogen and oxygen atoms in total. The fourth-order valence-corrected chi connectivity index (χ4v) is 6.68. The number of aromatic nitrogens is 2. The zero-order chi connectivity index (χ0) is 21.9. The zero-order valence-electron chi connectivity index (χ0n) is 15.8. The largest absolute Gasteiger partial charge is 0.397 e. The molecule has 8 heteroatoms. The number of hydrogen-bond acceptors (Lipinski definition) is 4. The van der Waals surface area contributed by atoms with Crippen molar-refractivity contribution in [2.24, 2.45) is 0 Å². The molecule has 4 aromatic rings. The summed E-state index contributed by atoms with van der Waals surface area (Å²) in [7, 11) is 0. The molecule has 0 saturated heterocycles. The van der Waals surface area contributed by atoms with E-state index in [2.05, 4.69) is 100 Å². The van der Waals surface area contributed by atoms with E-state index in [9.17, 15) is 0 Å². The van der Waals surface area contributed by atoms with Crippen molar-refractivity contribution >= 4 is 75.1 Å². The Morgan fingerprint density at radius 1 is 0.677 bits per heavy atom. The van der Waals surface area contributed by atoms with Gasteiger partial charge in [0.2, 0.25) is 0 Å². The van der Waals surface area contributed by atoms with Gasteiger partial charge in [-0.25, -0.2) is 0 Å². The average Bonchev–Trinajstić information content (AvgIpc) is 3.06. The Kier molecular flexibility index (Phi) is 5.24. The summed E-state index contributed by atoms with van der Waals surface area (Å²) in [5.41, 5.74) is 19.0. The molecule has 0 aliphatic heterocycles. The molecular weight excluding hydrogens is 652 g/mol. The summed E-state index contributed by atoms with van der Waals surface area (Å²) in [6.45, 7) is 0. The summed E-state index contributed by atoms with van der Waals surface area (Å²) in [6, 6.07) is 16.5. The first-order valence-corrected chi connectivity index (χ1v) is 12.4. The number of halogens is 4. The lowest BCUT2D eigenvalue weighted by Gasteiger charge is -2.33. The van der Waals surface area contributed by atoms with E-state index in [1.54, 1.807) is 12.4 Å². The van der Waals surface area contributed by atoms with Gasteiger partial charge in [0.15, 0.2) is 0 Å². The second-order valence-corrected chi connectivity index (χ2v) is 10.7. The van der Waals surface area contributed by atoms with Crippen LogP contribution in [0.4, 0.5) is 11.4 Å². The Bertz CT molecular complexity index is 1220. The maximum absolute atomic E-state index is 6.24. The molecule has 31 heavy (non-hydrogen) atoms. The number of hydrogen-bond donors (Lipinski definition) is 2. The van der Waals surface area contributed by atoms with Crippen molar-refractivity contribution in [3.05, 3.63) is 101 Å². The van der Waals surface area contributed by atoms with Crippen LogP contribution in [-0.2, 0) is 5.41 Å². The van der Waals surface area contributed by atoms with Crippen LogP contribution in [0.3, 0.4) is 0 Å². The number of fused-ring (bicyclic) bond motifs is 3. The quantitative estimate of drug-likeness (QED) is 0.198. The van der Waals surface area contributed by atoms with E-state index >= 15 is 0 Å². The van der Waals surface area contributed by atoms with E-state index in [4.69, 9.17) is 21.4 Å². The highest BCUT2D eigenvalue weighted by molar-refractivity contribution is 9.11. The van der Waals surface area contributed by atoms with Gasteiger partial charge >= 0.3 is 0 Å². The summed E-state index contributed by atoms with van der Waals surface area (Å²) >= 11 is 14.5. The minimum absolute atomic E-state index is 0.643. The Morgan fingerprint density at radius 2 is 1.16 bits per heavy atom. The van der Waals surface area contributed by atoms with Gasteiger partial charge in [0.1, 0.15) is 0 Å². The second kappa shape index (κ2) is 7.69. The van der Waals surface area contributed by atoms with Crippen LogP contribution in [0.1, 0.15) is 22.4 Å². The fourth-order valence-electron chi connectivity index (χ4n) is 4.31. The fraction of sp³-hybridized carbons (Fsp3) is 0.0435. The van der Waals surface area contributed by atoms with Crippen molar-refractivity contribution < 1.29 is 0 Å². The zero-order valence-corrected chi connectivity index (χ0v) is 22.2. The highest BCUT2D eigenvalue weighted by Crippen LogP contribution is 2.56. The van der Waals surface area contributed by atoms with Crippen molar-refractivity contribution in [1.29, 1.82) is 0 Å². The Balaban J connectivity index is 2.00. The van der Waals surface area contributed by atoms with E-state index in [1.165, 1.54) is 0 Å². The standard InChI is InChI=1S/C23H14Br4N4/c24-15-7-11(8-16(25)19(15)28)23(12-9-17(26)20(29)18(27)10-12)14-4-2-1-3-13(14)21-22(23)31-6-5-30-21/h1-10H,28-29H2. The second-order valence-electron chi connectivity index (χ2n) is 7.26. The SMILES string of the molecule is Nc1c(Br)cc(C2(c3cc(Br)c(N)c(Br)c3)c3ccccc3-c3nccnc32)cc1Br. The first-order chi connectivity index (χ1) is 14.9. The monoisotopic (exact) mass is 662 g/mol. The van der Waals surface area contributed by atoms with Crippen LogP contribution < -0.4 is 11.5 Å². The summed E-state index contributed by atoms with van der Waals surface area (Å²) in [6.07, 6.45) is 3.47. The lowest BCUT2D eigenvalue weighted by Crippen LogP contribution is -2.30. The van der Waals surface area contributed by atoms with Gasteiger partial charge in [0.25, 0.3) is 0 Å². The number of rotatable bonds is 2. The topological polar surface area (TPSA) is 77.8 Å². The predicted octanol–water partition coefficient (Wildman–Crippen LogP) is 7.05. The van der Waals surface area contributed by atoms with Gasteiger partial charge in [-0.3, -0.25) is 9.97 Å². The van der Waals surface area contributed by atoms with Gasteiger partial charge in [-0.05, 0) is 105 Å². The van der Waals surface area contributed by atoms with E-state index in [0.717, 1.165) is 51.5 Å². The van der Waals surface area contributed by atoms with Crippen molar-refractivity contribution in [2.75, 3.05) is 11.5 Å². The maximum atomic E-state index is 6.24. The first kappa shape index (κ1) is 21.1. The van der Waals surface area contributed by atoms with E-state index < -0.39 is 5.41 Å². The Hall–Kier alpha value is -1.74. The van der Waals surface area contributed by atoms with Gasteiger partial charge in [-0.15, -0.1) is 0 Å². The summed E-state index contributed by atoms with van der Waals surface area (Å²) in [5.74, 6) is 0. The van der Waals surface area contributed by atoms with Crippen LogP contribution in [0.5, 0.6) is 0 Å². The third-order valence-electron chi connectivity index (χ3n) is 5.66. The number of nitrogens with two attached hydrogens (primary N) is 2. The normalized spacial score (nSPS) is 13.7. The van der Waals surface area contributed by atoms with Gasteiger partial charge < -0.3 is 11.5 Å². The van der Waals surface area contributed by atoms with Gasteiger partial charge in [0.05, 0.1) is 28.2 Å². The molecule has 0 spiro atoms. The first-order valence-electron chi connectivity index (χ1n) is 9.27. The molecule has 3 aromatic carbocycles. The van der Waals surface area contributed by atoms with E-state index in [0.29, 0.717) is 11.4 Å². The van der Waals surface area contributed by atoms with Crippen LogP contribution in [0, 0.1) is 0 Å². The van der Waals surface area contributed by atoms with Gasteiger partial charge in [-0.2, -0.15) is 0 Å². The Labute approximate surface area is 213 Å². The highest BCUT2D eigenvalue weighted by atomic mass is 79.9. The van der Waals surface area contributed by atoms with Crippen molar-refractivity contribution in [2.45, 2.75) is 5.41 Å². The molecule has 0 radical (unpaired) electrons. The van der Waals surface area contributed by atoms with Crippen molar-refractivity contribution in [3.63, 3.8) is 0 Å². The van der Waals surface area contributed by atoms with Crippen LogP contribution in [-0.4, -0.2) is 9.97 Å². The smallest absolute Gasteiger partial charge is 0.0937 e. The summed E-state index contributed by atoms with van der Waals surface area (Å²) in [4.78, 5) is 9.57. The molecule has 5 rings (SSSR count). The number of benzene rings is 3. The Morgan fingerprint density at radius 3 is 1.71 bits per heavy atom. The number of nitrogen functional groups attached to an aromatic ring is 2. The lowest BCUT2D eigenvalue weighted by molar-refractivity contribution is 0.732. The molecule has 0 fully saturated rings. The van der Waals surface area contributed by atoms with E-state index in [1.807, 2.05) is 12.1 Å². The van der Waals surface area contributed by atoms with Crippen molar-refractivity contribution in [1.82, 2.24) is 9.97 Å². The number of nitrogens with zero attached hydrogens (tertiary/aromatic N) is 2. The molecule has 1 aliphatic rings. The lowest BCUT2D eigenvalue weighted by atomic mass is 9.69. The molecule has 0 unspecified atom stereocenters. The van der Waals surface area contributed by atoms with Crippen LogP contribution in [0.25, 0.3) is 11.3 Å². The molecule has 1 heterocycles. The predicted molar refractivity (Wildman–Crippen MR) is 139 cm³/mol. The van der Waals surface area contributed by atoms with E-state index in [-0.39, 0.29) is 0 Å². The summed E-state index contributed by atoms with van der Waals surface area (Å²) < 4.78 is 3.22. The van der Waals surface area contributed by atoms with Gasteiger partial charge in [0, 0.05) is 35.8 Å². The minimum Gasteiger partial charge on any atom is -0.397 e. The minimum atomic E-state index is -0.711. The van der Waals surface area contributed by atoms with Crippen LogP contribution in [0.15, 0.2) is 78.8 Å². The third kappa shape index (κ3) is 3.03. The molecule has 0 saturated carbocycles. The van der Waals surface area contributed by atoms with Gasteiger partial charge in [-0.1, -0.05) is 24.3 Å². The molecule has 1 aromatic heterocycles. The molecular formula is C23H14Br4N4. The molecule has 154 valence electrons. The molecule has 0 atom stereocenters. The third-order valence-corrected chi connectivity index (χ3v) is 8.29. The summed E-state index contributed by atoms with van der Waals surface area (Å²) in [5, 5.41) is 0.